The van der Waals surface area contributed by atoms with E-state index >= 15 is 0 Å². The number of ether oxygens (including phenoxy) is 3. The number of amides is 1. The average molecular weight is 582 g/mol. The molecule has 8 nitrogen and oxygen atoms in total. The summed E-state index contributed by atoms with van der Waals surface area (Å²) in [5, 5.41) is 0. The minimum Gasteiger partial charge on any atom is -0.460 e. The first-order chi connectivity index (χ1) is 20.5. The van der Waals surface area contributed by atoms with Crippen molar-refractivity contribution >= 4 is 23.8 Å². The fourth-order valence-electron chi connectivity index (χ4n) is 3.83. The number of carbonyl (C=O) groups excluding carboxylic acids is 4. The van der Waals surface area contributed by atoms with Crippen LogP contribution >= 0.6 is 0 Å². The van der Waals surface area contributed by atoms with E-state index in [0.717, 1.165) is 22.3 Å². The van der Waals surface area contributed by atoms with Crippen molar-refractivity contribution in [1.82, 2.24) is 4.90 Å². The van der Waals surface area contributed by atoms with Crippen molar-refractivity contribution in [2.24, 2.45) is 0 Å². The Hall–Kier alpha value is -5.24. The van der Waals surface area contributed by atoms with Gasteiger partial charge in [-0.05, 0) is 73.4 Å². The van der Waals surface area contributed by atoms with Crippen molar-refractivity contribution in [2.75, 3.05) is 26.3 Å². The first-order valence-corrected chi connectivity index (χ1v) is 13.6. The lowest BCUT2D eigenvalue weighted by atomic mass is 9.98. The lowest BCUT2D eigenvalue weighted by Gasteiger charge is -2.23. The van der Waals surface area contributed by atoms with Crippen LogP contribution in [0.5, 0.6) is 5.75 Å². The molecule has 0 unspecified atom stereocenters. The highest BCUT2D eigenvalue weighted by Gasteiger charge is 2.18. The molecule has 222 valence electrons. The molecule has 0 saturated heterocycles. The number of benzene rings is 3. The molecule has 0 fully saturated rings. The standard InChI is InChI=1S/C35H35NO7/c1-23(2)33(38)41-20-18-36(19-21-42-34(39)24(3)4)32(37)28-12-10-26(11-13-28)29-8-7-9-30(22-29)27-14-16-31(17-15-27)43-35(40)25(5)6/h7-17,22H,1,3,5,18-21H2,2,4,6H3. The molecule has 0 atom stereocenters. The highest BCUT2D eigenvalue weighted by Crippen LogP contribution is 2.28. The third kappa shape index (κ3) is 9.39. The molecule has 1 amide bonds. The summed E-state index contributed by atoms with van der Waals surface area (Å²) in [6, 6.07) is 22.3. The van der Waals surface area contributed by atoms with Gasteiger partial charge in [0, 0.05) is 22.3 Å². The topological polar surface area (TPSA) is 99.2 Å². The normalized spacial score (nSPS) is 10.3. The zero-order valence-corrected chi connectivity index (χ0v) is 24.7. The number of rotatable bonds is 13. The van der Waals surface area contributed by atoms with E-state index in [1.807, 2.05) is 48.5 Å². The molecule has 3 aromatic rings. The minimum absolute atomic E-state index is 0.0337. The molecule has 0 heterocycles. The molecule has 3 rings (SSSR count). The third-order valence-corrected chi connectivity index (χ3v) is 6.25. The number of carbonyl (C=O) groups is 4. The predicted octanol–water partition coefficient (Wildman–Crippen LogP) is 6.18. The molecule has 0 bridgehead atoms. The van der Waals surface area contributed by atoms with E-state index in [9.17, 15) is 19.2 Å². The van der Waals surface area contributed by atoms with Gasteiger partial charge in [-0.2, -0.15) is 0 Å². The fraction of sp³-hybridized carbons (Fsp3) is 0.200. The highest BCUT2D eigenvalue weighted by atomic mass is 16.5. The van der Waals surface area contributed by atoms with Crippen LogP contribution < -0.4 is 4.74 Å². The quantitative estimate of drug-likeness (QED) is 0.135. The van der Waals surface area contributed by atoms with Crippen LogP contribution in [0.4, 0.5) is 0 Å². The number of hydrogen-bond acceptors (Lipinski definition) is 7. The van der Waals surface area contributed by atoms with E-state index in [-0.39, 0.29) is 43.4 Å². The summed E-state index contributed by atoms with van der Waals surface area (Å²) in [6.07, 6.45) is 0. The van der Waals surface area contributed by atoms with E-state index in [1.54, 1.807) is 45.0 Å². The lowest BCUT2D eigenvalue weighted by molar-refractivity contribution is -0.139. The molecule has 0 radical (unpaired) electrons. The van der Waals surface area contributed by atoms with Crippen LogP contribution in [0.15, 0.2) is 109 Å². The van der Waals surface area contributed by atoms with Gasteiger partial charge in [0.05, 0.1) is 13.1 Å². The van der Waals surface area contributed by atoms with Gasteiger partial charge >= 0.3 is 17.9 Å². The zero-order chi connectivity index (χ0) is 31.5. The van der Waals surface area contributed by atoms with Gasteiger partial charge in [-0.25, -0.2) is 14.4 Å². The van der Waals surface area contributed by atoms with E-state index in [1.165, 1.54) is 4.90 Å². The van der Waals surface area contributed by atoms with E-state index in [0.29, 0.717) is 16.9 Å². The summed E-state index contributed by atoms with van der Waals surface area (Å²) in [7, 11) is 0. The van der Waals surface area contributed by atoms with Crippen LogP contribution in [0.2, 0.25) is 0 Å². The Morgan fingerprint density at radius 1 is 0.605 bits per heavy atom. The number of esters is 3. The van der Waals surface area contributed by atoms with Crippen LogP contribution in [-0.2, 0) is 23.9 Å². The molecule has 0 aromatic heterocycles. The number of hydrogen-bond donors (Lipinski definition) is 0. The van der Waals surface area contributed by atoms with Crippen LogP contribution in [0, 0.1) is 0 Å². The predicted molar refractivity (Wildman–Crippen MR) is 165 cm³/mol. The summed E-state index contributed by atoms with van der Waals surface area (Å²) in [5.74, 6) is -1.43. The molecular weight excluding hydrogens is 546 g/mol. The maximum absolute atomic E-state index is 13.4. The van der Waals surface area contributed by atoms with Gasteiger partial charge < -0.3 is 19.1 Å². The Balaban J connectivity index is 1.73. The van der Waals surface area contributed by atoms with Gasteiger partial charge in [0.25, 0.3) is 5.91 Å². The maximum atomic E-state index is 13.4. The average Bonchev–Trinajstić information content (AvgIpc) is 3.00. The number of nitrogens with zero attached hydrogens (tertiary/aromatic N) is 1. The van der Waals surface area contributed by atoms with Gasteiger partial charge in [0.2, 0.25) is 0 Å². The monoisotopic (exact) mass is 581 g/mol. The minimum atomic E-state index is -0.546. The Bertz CT molecular complexity index is 1500. The zero-order valence-electron chi connectivity index (χ0n) is 24.7. The SMILES string of the molecule is C=C(C)C(=O)OCCN(CCOC(=O)C(=C)C)C(=O)c1ccc(-c2cccc(-c3ccc(OC(=O)C(=C)C)cc3)c2)cc1. The lowest BCUT2D eigenvalue weighted by Crippen LogP contribution is -2.37. The largest absolute Gasteiger partial charge is 0.460 e. The second-order valence-electron chi connectivity index (χ2n) is 9.98. The second-order valence-corrected chi connectivity index (χ2v) is 9.98. The van der Waals surface area contributed by atoms with E-state index in [2.05, 4.69) is 19.7 Å². The van der Waals surface area contributed by atoms with Crippen molar-refractivity contribution in [1.29, 1.82) is 0 Å². The van der Waals surface area contributed by atoms with Crippen molar-refractivity contribution in [2.45, 2.75) is 20.8 Å². The summed E-state index contributed by atoms with van der Waals surface area (Å²) in [4.78, 5) is 50.1. The summed E-state index contributed by atoms with van der Waals surface area (Å²) >= 11 is 0. The van der Waals surface area contributed by atoms with Gasteiger partial charge in [0.15, 0.2) is 0 Å². The summed E-state index contributed by atoms with van der Waals surface area (Å²) < 4.78 is 15.6. The highest BCUT2D eigenvalue weighted by molar-refractivity contribution is 5.95. The van der Waals surface area contributed by atoms with E-state index in [4.69, 9.17) is 14.2 Å². The fourth-order valence-corrected chi connectivity index (χ4v) is 3.83. The molecule has 0 N–H and O–H groups in total. The van der Waals surface area contributed by atoms with E-state index < -0.39 is 17.9 Å². The van der Waals surface area contributed by atoms with Crippen LogP contribution in [0.3, 0.4) is 0 Å². The van der Waals surface area contributed by atoms with Gasteiger partial charge in [0.1, 0.15) is 19.0 Å². The third-order valence-electron chi connectivity index (χ3n) is 6.25. The Labute approximate surface area is 251 Å². The van der Waals surface area contributed by atoms with Gasteiger partial charge in [-0.3, -0.25) is 4.79 Å². The van der Waals surface area contributed by atoms with Gasteiger partial charge in [-0.15, -0.1) is 0 Å². The van der Waals surface area contributed by atoms with Crippen LogP contribution in [-0.4, -0.2) is 55.0 Å². The Kier molecular flexibility index (Phi) is 11.3. The maximum Gasteiger partial charge on any atom is 0.338 e. The molecule has 0 aliphatic carbocycles. The molecule has 0 aliphatic heterocycles. The van der Waals surface area contributed by atoms with Gasteiger partial charge in [-0.1, -0.05) is 62.2 Å². The molecule has 43 heavy (non-hydrogen) atoms. The molecular formula is C35H35NO7. The Morgan fingerprint density at radius 2 is 1.05 bits per heavy atom. The summed E-state index contributed by atoms with van der Waals surface area (Å²) in [6.45, 7) is 15.5. The molecule has 3 aromatic carbocycles. The van der Waals surface area contributed by atoms with Crippen molar-refractivity contribution < 1.29 is 33.4 Å². The molecule has 8 heteroatoms. The smallest absolute Gasteiger partial charge is 0.338 e. The molecule has 0 spiro atoms. The van der Waals surface area contributed by atoms with Crippen LogP contribution in [0.1, 0.15) is 31.1 Å². The van der Waals surface area contributed by atoms with Crippen molar-refractivity contribution in [3.05, 3.63) is 115 Å². The first-order valence-electron chi connectivity index (χ1n) is 13.6. The molecule has 0 saturated carbocycles. The molecule has 0 aliphatic rings. The summed E-state index contributed by atoms with van der Waals surface area (Å²) in [5.41, 5.74) is 5.03. The van der Waals surface area contributed by atoms with Crippen molar-refractivity contribution in [3.63, 3.8) is 0 Å². The second kappa shape index (κ2) is 15.1. The van der Waals surface area contributed by atoms with Crippen molar-refractivity contribution in [3.8, 4) is 28.0 Å². The Morgan fingerprint density at radius 3 is 1.49 bits per heavy atom. The van der Waals surface area contributed by atoms with Crippen LogP contribution in [0.25, 0.3) is 22.3 Å². The first kappa shape index (κ1) is 32.3.